The lowest BCUT2D eigenvalue weighted by Gasteiger charge is -2.10. The molecule has 0 saturated heterocycles. The highest BCUT2D eigenvalue weighted by Crippen LogP contribution is 2.24. The van der Waals surface area contributed by atoms with Gasteiger partial charge >= 0.3 is 0 Å². The summed E-state index contributed by atoms with van der Waals surface area (Å²) >= 11 is 0. The maximum Gasteiger partial charge on any atom is 0.255 e. The Morgan fingerprint density at radius 2 is 2.00 bits per heavy atom. The SMILES string of the molecule is NC(=O)COc1cccc(NCc2ccc(O)cc2O)c1. The van der Waals surface area contributed by atoms with Gasteiger partial charge in [0.1, 0.15) is 17.2 Å². The summed E-state index contributed by atoms with van der Waals surface area (Å²) in [7, 11) is 0. The maximum absolute atomic E-state index is 10.7. The number of nitrogens with two attached hydrogens (primary N) is 1. The first-order valence-electron chi connectivity index (χ1n) is 6.30. The second-order valence-electron chi connectivity index (χ2n) is 4.45. The molecule has 2 aromatic rings. The third kappa shape index (κ3) is 4.31. The predicted molar refractivity (Wildman–Crippen MR) is 78.2 cm³/mol. The van der Waals surface area contributed by atoms with Crippen LogP contribution in [-0.2, 0) is 11.3 Å². The molecule has 2 rings (SSSR count). The van der Waals surface area contributed by atoms with Gasteiger partial charge in [-0.05, 0) is 24.3 Å². The first-order chi connectivity index (χ1) is 10.0. The molecule has 5 N–H and O–H groups in total. The van der Waals surface area contributed by atoms with Crippen LogP contribution < -0.4 is 15.8 Å². The average molecular weight is 288 g/mol. The van der Waals surface area contributed by atoms with E-state index >= 15 is 0 Å². The molecule has 0 spiro atoms. The van der Waals surface area contributed by atoms with Crippen molar-refractivity contribution in [2.45, 2.75) is 6.54 Å². The lowest BCUT2D eigenvalue weighted by molar-refractivity contribution is -0.119. The zero-order valence-electron chi connectivity index (χ0n) is 11.2. The van der Waals surface area contributed by atoms with Crippen molar-refractivity contribution >= 4 is 11.6 Å². The molecule has 0 atom stereocenters. The zero-order valence-corrected chi connectivity index (χ0v) is 11.2. The van der Waals surface area contributed by atoms with Crippen molar-refractivity contribution in [3.63, 3.8) is 0 Å². The molecule has 0 unspecified atom stereocenters. The van der Waals surface area contributed by atoms with Crippen LogP contribution in [0.5, 0.6) is 17.2 Å². The predicted octanol–water partition coefficient (Wildman–Crippen LogP) is 1.57. The van der Waals surface area contributed by atoms with E-state index in [4.69, 9.17) is 10.5 Å². The first-order valence-corrected chi connectivity index (χ1v) is 6.30. The van der Waals surface area contributed by atoms with Crippen LogP contribution in [0, 0.1) is 0 Å². The van der Waals surface area contributed by atoms with Crippen molar-refractivity contribution < 1.29 is 19.7 Å². The lowest BCUT2D eigenvalue weighted by Crippen LogP contribution is -2.20. The number of hydrogen-bond acceptors (Lipinski definition) is 5. The largest absolute Gasteiger partial charge is 0.508 e. The minimum absolute atomic E-state index is 0.0121. The molecule has 6 nitrogen and oxygen atoms in total. The van der Waals surface area contributed by atoms with Gasteiger partial charge in [0.05, 0.1) is 0 Å². The summed E-state index contributed by atoms with van der Waals surface area (Å²) in [5, 5.41) is 22.0. The van der Waals surface area contributed by atoms with Crippen molar-refractivity contribution in [2.24, 2.45) is 5.73 Å². The summed E-state index contributed by atoms with van der Waals surface area (Å²) in [4.78, 5) is 10.7. The monoisotopic (exact) mass is 288 g/mol. The van der Waals surface area contributed by atoms with Crippen molar-refractivity contribution in [3.05, 3.63) is 48.0 Å². The van der Waals surface area contributed by atoms with Gasteiger partial charge < -0.3 is 26.0 Å². The summed E-state index contributed by atoms with van der Waals surface area (Å²) in [6.07, 6.45) is 0. The molecule has 0 aromatic heterocycles. The number of anilines is 1. The van der Waals surface area contributed by atoms with E-state index in [1.165, 1.54) is 12.1 Å². The molecule has 21 heavy (non-hydrogen) atoms. The molecule has 2 aromatic carbocycles. The number of nitrogens with one attached hydrogen (secondary N) is 1. The number of primary amides is 1. The highest BCUT2D eigenvalue weighted by molar-refractivity contribution is 5.75. The average Bonchev–Trinajstić information content (AvgIpc) is 2.45. The number of phenols is 2. The van der Waals surface area contributed by atoms with Gasteiger partial charge in [-0.15, -0.1) is 0 Å². The van der Waals surface area contributed by atoms with E-state index in [1.807, 2.05) is 6.07 Å². The Hall–Kier alpha value is -2.89. The fourth-order valence-electron chi connectivity index (χ4n) is 1.75. The molecule has 0 heterocycles. The highest BCUT2D eigenvalue weighted by atomic mass is 16.5. The van der Waals surface area contributed by atoms with E-state index in [9.17, 15) is 15.0 Å². The molecule has 0 radical (unpaired) electrons. The molecule has 0 bridgehead atoms. The zero-order chi connectivity index (χ0) is 15.2. The molecule has 0 fully saturated rings. The summed E-state index contributed by atoms with van der Waals surface area (Å²) in [6.45, 7) is 0.202. The lowest BCUT2D eigenvalue weighted by atomic mass is 10.2. The van der Waals surface area contributed by atoms with Gasteiger partial charge in [0.2, 0.25) is 0 Å². The van der Waals surface area contributed by atoms with Crippen LogP contribution in [0.25, 0.3) is 0 Å². The van der Waals surface area contributed by atoms with Gasteiger partial charge in [-0.25, -0.2) is 0 Å². The van der Waals surface area contributed by atoms with Gasteiger partial charge in [0.25, 0.3) is 5.91 Å². The third-order valence-electron chi connectivity index (χ3n) is 2.77. The fourth-order valence-corrected chi connectivity index (χ4v) is 1.75. The number of rotatable bonds is 6. The number of carbonyl (C=O) groups is 1. The Kier molecular flexibility index (Phi) is 4.50. The number of hydrogen-bond donors (Lipinski definition) is 4. The van der Waals surface area contributed by atoms with Crippen molar-refractivity contribution in [1.82, 2.24) is 0 Å². The molecular formula is C15H16N2O4. The van der Waals surface area contributed by atoms with Crippen LogP contribution in [0.4, 0.5) is 5.69 Å². The second-order valence-corrected chi connectivity index (χ2v) is 4.45. The van der Waals surface area contributed by atoms with Gasteiger partial charge in [-0.1, -0.05) is 6.07 Å². The van der Waals surface area contributed by atoms with Crippen LogP contribution in [-0.4, -0.2) is 22.7 Å². The summed E-state index contributed by atoms with van der Waals surface area (Å²) in [5.41, 5.74) is 6.43. The van der Waals surface area contributed by atoms with E-state index in [2.05, 4.69) is 5.32 Å². The van der Waals surface area contributed by atoms with Gasteiger partial charge in [-0.3, -0.25) is 4.79 Å². The molecule has 6 heteroatoms. The van der Waals surface area contributed by atoms with E-state index in [-0.39, 0.29) is 18.1 Å². The van der Waals surface area contributed by atoms with E-state index < -0.39 is 5.91 Å². The van der Waals surface area contributed by atoms with Gasteiger partial charge in [0, 0.05) is 29.9 Å². The van der Waals surface area contributed by atoms with Crippen molar-refractivity contribution in [2.75, 3.05) is 11.9 Å². The fraction of sp³-hybridized carbons (Fsp3) is 0.133. The maximum atomic E-state index is 10.7. The second kappa shape index (κ2) is 6.51. The summed E-state index contributed by atoms with van der Waals surface area (Å²) in [6, 6.07) is 11.5. The summed E-state index contributed by atoms with van der Waals surface area (Å²) < 4.78 is 5.20. The van der Waals surface area contributed by atoms with Crippen molar-refractivity contribution in [3.8, 4) is 17.2 Å². The molecule has 1 amide bonds. The number of amides is 1. The Morgan fingerprint density at radius 3 is 2.71 bits per heavy atom. The number of ether oxygens (including phenoxy) is 1. The molecule has 0 saturated carbocycles. The molecule has 110 valence electrons. The van der Waals surface area contributed by atoms with Gasteiger partial charge in [-0.2, -0.15) is 0 Å². The minimum atomic E-state index is -0.539. The number of phenolic OH excluding ortho intramolecular Hbond substituents is 2. The Labute approximate surface area is 121 Å². The Balaban J connectivity index is 1.99. The first kappa shape index (κ1) is 14.5. The van der Waals surface area contributed by atoms with Gasteiger partial charge in [0.15, 0.2) is 6.61 Å². The van der Waals surface area contributed by atoms with E-state index in [0.717, 1.165) is 5.69 Å². The number of carbonyl (C=O) groups excluding carboxylic acids is 1. The van der Waals surface area contributed by atoms with Crippen LogP contribution in [0.15, 0.2) is 42.5 Å². The minimum Gasteiger partial charge on any atom is -0.508 e. The van der Waals surface area contributed by atoms with Crippen molar-refractivity contribution in [1.29, 1.82) is 0 Å². The number of benzene rings is 2. The Morgan fingerprint density at radius 1 is 1.19 bits per heavy atom. The quantitative estimate of drug-likeness (QED) is 0.646. The highest BCUT2D eigenvalue weighted by Gasteiger charge is 2.03. The molecular weight excluding hydrogens is 272 g/mol. The topological polar surface area (TPSA) is 105 Å². The summed E-state index contributed by atoms with van der Waals surface area (Å²) in [5.74, 6) is 0.0119. The normalized spacial score (nSPS) is 10.1. The molecule has 0 aliphatic carbocycles. The van der Waals surface area contributed by atoms with E-state index in [1.54, 1.807) is 24.3 Å². The third-order valence-corrected chi connectivity index (χ3v) is 2.77. The van der Waals surface area contributed by atoms with E-state index in [0.29, 0.717) is 17.9 Å². The van der Waals surface area contributed by atoms with Crippen LogP contribution in [0.2, 0.25) is 0 Å². The number of aromatic hydroxyl groups is 2. The van der Waals surface area contributed by atoms with Crippen LogP contribution in [0.3, 0.4) is 0 Å². The van der Waals surface area contributed by atoms with Crippen LogP contribution in [0.1, 0.15) is 5.56 Å². The Bertz CT molecular complexity index is 643. The smallest absolute Gasteiger partial charge is 0.255 e. The molecule has 0 aliphatic heterocycles. The standard InChI is InChI=1S/C15H16N2O4/c16-15(20)9-21-13-3-1-2-11(6-13)17-8-10-4-5-12(18)7-14(10)19/h1-7,17-19H,8-9H2,(H2,16,20). The van der Waals surface area contributed by atoms with Crippen LogP contribution >= 0.6 is 0 Å². The molecule has 0 aliphatic rings.